The van der Waals surface area contributed by atoms with Crippen LogP contribution in [0.25, 0.3) is 0 Å². The van der Waals surface area contributed by atoms with Crippen LogP contribution < -0.4 is 10.1 Å². The lowest BCUT2D eigenvalue weighted by atomic mass is 10.2. The minimum atomic E-state index is -0.224. The number of aliphatic hydroxyl groups excluding tert-OH is 1. The van der Waals surface area contributed by atoms with E-state index in [4.69, 9.17) is 9.47 Å². The lowest BCUT2D eigenvalue weighted by Crippen LogP contribution is -2.50. The molecule has 0 aliphatic carbocycles. The summed E-state index contributed by atoms with van der Waals surface area (Å²) in [6, 6.07) is 7.24. The Balaban J connectivity index is 1.88. The molecule has 1 aliphatic rings. The largest absolute Gasteiger partial charge is 0.497 e. The number of hydrogen-bond acceptors (Lipinski definition) is 5. The molecule has 2 N–H and O–H groups in total. The van der Waals surface area contributed by atoms with E-state index in [1.807, 2.05) is 30.0 Å². The molecule has 1 heterocycles. The number of methoxy groups -OCH3 is 1. The number of anilines is 1. The third kappa shape index (κ3) is 4.70. The van der Waals surface area contributed by atoms with Gasteiger partial charge in [-0.25, -0.2) is 0 Å². The highest BCUT2D eigenvalue weighted by Crippen LogP contribution is 2.17. The Morgan fingerprint density at radius 1 is 1.52 bits per heavy atom. The van der Waals surface area contributed by atoms with Crippen molar-refractivity contribution >= 4 is 11.6 Å². The zero-order chi connectivity index (χ0) is 15.2. The second-order valence-corrected chi connectivity index (χ2v) is 5.23. The molecule has 6 heteroatoms. The maximum Gasteiger partial charge on any atom is 0.238 e. The summed E-state index contributed by atoms with van der Waals surface area (Å²) in [5.41, 5.74) is 0.708. The topological polar surface area (TPSA) is 71.0 Å². The van der Waals surface area contributed by atoms with E-state index in [1.165, 1.54) is 0 Å². The predicted octanol–water partition coefficient (Wildman–Crippen LogP) is 0.715. The molecule has 0 bridgehead atoms. The molecule has 1 aromatic carbocycles. The molecule has 6 nitrogen and oxygen atoms in total. The van der Waals surface area contributed by atoms with Crippen LogP contribution in [-0.4, -0.2) is 61.5 Å². The van der Waals surface area contributed by atoms with Gasteiger partial charge in [-0.05, 0) is 19.1 Å². The molecule has 2 atom stereocenters. The van der Waals surface area contributed by atoms with Gasteiger partial charge in [0.15, 0.2) is 0 Å². The van der Waals surface area contributed by atoms with Crippen LogP contribution in [0.1, 0.15) is 6.92 Å². The molecule has 1 saturated heterocycles. The van der Waals surface area contributed by atoms with Gasteiger partial charge >= 0.3 is 0 Å². The highest BCUT2D eigenvalue weighted by Gasteiger charge is 2.25. The maximum absolute atomic E-state index is 12.1. The van der Waals surface area contributed by atoms with Gasteiger partial charge in [0.05, 0.1) is 32.5 Å². The molecule has 1 aromatic rings. The smallest absolute Gasteiger partial charge is 0.238 e. The Hall–Kier alpha value is -1.63. The van der Waals surface area contributed by atoms with E-state index < -0.39 is 0 Å². The molecular formula is C15H22N2O4. The normalized spacial score (nSPS) is 22.8. The highest BCUT2D eigenvalue weighted by molar-refractivity contribution is 5.92. The molecule has 0 aromatic heterocycles. The SMILES string of the molecule is COc1cccc(NC(=O)CN2CC(C)OC(CO)C2)c1. The van der Waals surface area contributed by atoms with E-state index in [0.717, 1.165) is 0 Å². The summed E-state index contributed by atoms with van der Waals surface area (Å²) in [5.74, 6) is 0.613. The first-order valence-corrected chi connectivity index (χ1v) is 7.03. The third-order valence-electron chi connectivity index (χ3n) is 3.33. The van der Waals surface area contributed by atoms with Crippen LogP contribution in [0.3, 0.4) is 0 Å². The van der Waals surface area contributed by atoms with E-state index in [-0.39, 0.29) is 31.3 Å². The molecule has 2 unspecified atom stereocenters. The fourth-order valence-corrected chi connectivity index (χ4v) is 2.48. The molecule has 0 saturated carbocycles. The summed E-state index contributed by atoms with van der Waals surface area (Å²) >= 11 is 0. The second-order valence-electron chi connectivity index (χ2n) is 5.23. The Labute approximate surface area is 124 Å². The molecule has 0 spiro atoms. The van der Waals surface area contributed by atoms with Crippen molar-refractivity contribution in [3.05, 3.63) is 24.3 Å². The molecular weight excluding hydrogens is 272 g/mol. The molecule has 116 valence electrons. The fraction of sp³-hybridized carbons (Fsp3) is 0.533. The van der Waals surface area contributed by atoms with Gasteiger partial charge in [-0.1, -0.05) is 6.07 Å². The van der Waals surface area contributed by atoms with E-state index in [1.54, 1.807) is 13.2 Å². The molecule has 1 amide bonds. The van der Waals surface area contributed by atoms with Crippen LogP contribution in [0.4, 0.5) is 5.69 Å². The number of morpholine rings is 1. The van der Waals surface area contributed by atoms with E-state index in [0.29, 0.717) is 24.5 Å². The predicted molar refractivity (Wildman–Crippen MR) is 79.5 cm³/mol. The number of hydrogen-bond donors (Lipinski definition) is 2. The van der Waals surface area contributed by atoms with Crippen molar-refractivity contribution in [1.29, 1.82) is 0 Å². The van der Waals surface area contributed by atoms with Gasteiger partial charge in [0.2, 0.25) is 5.91 Å². The second kappa shape index (κ2) is 7.40. The van der Waals surface area contributed by atoms with Crippen molar-refractivity contribution in [3.63, 3.8) is 0 Å². The Morgan fingerprint density at radius 3 is 3.05 bits per heavy atom. The van der Waals surface area contributed by atoms with Gasteiger partial charge in [0, 0.05) is 24.8 Å². The zero-order valence-electron chi connectivity index (χ0n) is 12.4. The Morgan fingerprint density at radius 2 is 2.33 bits per heavy atom. The van der Waals surface area contributed by atoms with Crippen molar-refractivity contribution in [3.8, 4) is 5.75 Å². The first-order chi connectivity index (χ1) is 10.1. The summed E-state index contributed by atoms with van der Waals surface area (Å²) in [6.07, 6.45) is -0.209. The molecule has 0 radical (unpaired) electrons. The number of nitrogens with zero attached hydrogens (tertiary/aromatic N) is 1. The van der Waals surface area contributed by atoms with Crippen molar-refractivity contribution in [2.45, 2.75) is 19.1 Å². The van der Waals surface area contributed by atoms with Crippen LogP contribution in [0.15, 0.2) is 24.3 Å². The number of rotatable bonds is 5. The van der Waals surface area contributed by atoms with Crippen LogP contribution in [-0.2, 0) is 9.53 Å². The molecule has 1 aliphatic heterocycles. The van der Waals surface area contributed by atoms with Crippen molar-refractivity contribution in [1.82, 2.24) is 4.90 Å². The highest BCUT2D eigenvalue weighted by atomic mass is 16.5. The Kier molecular flexibility index (Phi) is 5.55. The van der Waals surface area contributed by atoms with Gasteiger partial charge in [0.25, 0.3) is 0 Å². The van der Waals surface area contributed by atoms with Crippen LogP contribution in [0.5, 0.6) is 5.75 Å². The van der Waals surface area contributed by atoms with Gasteiger partial charge in [0.1, 0.15) is 5.75 Å². The number of amides is 1. The third-order valence-corrected chi connectivity index (χ3v) is 3.33. The van der Waals surface area contributed by atoms with E-state index in [2.05, 4.69) is 5.32 Å². The standard InChI is InChI=1S/C15H22N2O4/c1-11-7-17(8-14(10-18)21-11)9-15(19)16-12-4-3-5-13(6-12)20-2/h3-6,11,14,18H,7-10H2,1-2H3,(H,16,19). The number of benzene rings is 1. The van der Waals surface area contributed by atoms with Gasteiger partial charge in [-0.3, -0.25) is 9.69 Å². The van der Waals surface area contributed by atoms with Crippen LogP contribution >= 0.6 is 0 Å². The fourth-order valence-electron chi connectivity index (χ4n) is 2.48. The van der Waals surface area contributed by atoms with Crippen LogP contribution in [0.2, 0.25) is 0 Å². The number of carbonyl (C=O) groups excluding carboxylic acids is 1. The van der Waals surface area contributed by atoms with Gasteiger partial charge in [-0.2, -0.15) is 0 Å². The van der Waals surface area contributed by atoms with Crippen molar-refractivity contribution in [2.75, 3.05) is 38.7 Å². The summed E-state index contributed by atoms with van der Waals surface area (Å²) in [5, 5.41) is 12.0. The molecule has 21 heavy (non-hydrogen) atoms. The number of aliphatic hydroxyl groups is 1. The maximum atomic E-state index is 12.1. The molecule has 2 rings (SSSR count). The summed E-state index contributed by atoms with van der Waals surface area (Å²) in [7, 11) is 1.59. The van der Waals surface area contributed by atoms with E-state index in [9.17, 15) is 9.90 Å². The van der Waals surface area contributed by atoms with Gasteiger partial charge in [-0.15, -0.1) is 0 Å². The quantitative estimate of drug-likeness (QED) is 0.837. The van der Waals surface area contributed by atoms with Gasteiger partial charge < -0.3 is 19.9 Å². The lowest BCUT2D eigenvalue weighted by molar-refractivity contribution is -0.124. The van der Waals surface area contributed by atoms with E-state index >= 15 is 0 Å². The Bertz CT molecular complexity index is 480. The first-order valence-electron chi connectivity index (χ1n) is 7.03. The van der Waals surface area contributed by atoms with Crippen molar-refractivity contribution in [2.24, 2.45) is 0 Å². The molecule has 1 fully saturated rings. The average molecular weight is 294 g/mol. The summed E-state index contributed by atoms with van der Waals surface area (Å²) in [6.45, 7) is 3.43. The minimum Gasteiger partial charge on any atom is -0.497 e. The summed E-state index contributed by atoms with van der Waals surface area (Å²) in [4.78, 5) is 14.1. The monoisotopic (exact) mass is 294 g/mol. The number of nitrogens with one attached hydrogen (secondary N) is 1. The first kappa shape index (κ1) is 15.8. The summed E-state index contributed by atoms with van der Waals surface area (Å²) < 4.78 is 10.7. The van der Waals surface area contributed by atoms with Crippen molar-refractivity contribution < 1.29 is 19.4 Å². The minimum absolute atomic E-state index is 0.0144. The lowest BCUT2D eigenvalue weighted by Gasteiger charge is -2.35. The number of carbonyl (C=O) groups is 1. The zero-order valence-corrected chi connectivity index (χ0v) is 12.4. The average Bonchev–Trinajstić information content (AvgIpc) is 2.46. The van der Waals surface area contributed by atoms with Crippen LogP contribution in [0, 0.1) is 0 Å². The number of ether oxygens (including phenoxy) is 2.